The second-order valence-electron chi connectivity index (χ2n) is 6.75. The Labute approximate surface area is 142 Å². The van der Waals surface area contributed by atoms with Gasteiger partial charge in [-0.05, 0) is 37.7 Å². The molecule has 2 aliphatic rings. The molecule has 24 heavy (non-hydrogen) atoms. The number of nitrogens with zero attached hydrogens (tertiary/aromatic N) is 1. The fourth-order valence-electron chi connectivity index (χ4n) is 4.09. The Balaban J connectivity index is 1.94. The quantitative estimate of drug-likeness (QED) is 0.920. The number of carbonyl (C=O) groups excluding carboxylic acids is 1. The highest BCUT2D eigenvalue weighted by Gasteiger charge is 2.53. The molecule has 0 unspecified atom stereocenters. The third-order valence-electron chi connectivity index (χ3n) is 5.33. The number of ether oxygens (including phenoxy) is 1. The number of hydrogen-bond donors (Lipinski definition) is 1. The third kappa shape index (κ3) is 2.93. The molecule has 1 saturated carbocycles. The van der Waals surface area contributed by atoms with Crippen LogP contribution in [0, 0.1) is 0 Å². The van der Waals surface area contributed by atoms with Crippen LogP contribution in [0.25, 0.3) is 0 Å². The number of carboxylic acid groups (broad SMARTS) is 1. The molecule has 1 aliphatic carbocycles. The van der Waals surface area contributed by atoms with E-state index < -0.39 is 17.7 Å². The van der Waals surface area contributed by atoms with Crippen molar-refractivity contribution in [1.29, 1.82) is 0 Å². The number of amides is 1. The van der Waals surface area contributed by atoms with Gasteiger partial charge in [0.15, 0.2) is 6.04 Å². The van der Waals surface area contributed by atoms with E-state index in [0.717, 1.165) is 37.7 Å². The van der Waals surface area contributed by atoms with Crippen molar-refractivity contribution < 1.29 is 19.4 Å². The summed E-state index contributed by atoms with van der Waals surface area (Å²) in [4.78, 5) is 26.6. The minimum Gasteiger partial charge on any atom is -0.480 e. The van der Waals surface area contributed by atoms with Crippen LogP contribution in [-0.2, 0) is 14.3 Å². The fourth-order valence-corrected chi connectivity index (χ4v) is 4.09. The van der Waals surface area contributed by atoms with Crippen molar-refractivity contribution >= 4 is 11.9 Å². The first-order chi connectivity index (χ1) is 11.6. The van der Waals surface area contributed by atoms with Gasteiger partial charge in [0.2, 0.25) is 5.91 Å². The summed E-state index contributed by atoms with van der Waals surface area (Å²) in [6.45, 7) is 2.06. The van der Waals surface area contributed by atoms with Gasteiger partial charge in [-0.2, -0.15) is 0 Å². The molecule has 1 heterocycles. The molecule has 1 N–H and O–H groups in total. The molecule has 2 fully saturated rings. The number of hydrogen-bond acceptors (Lipinski definition) is 3. The third-order valence-corrected chi connectivity index (χ3v) is 5.33. The van der Waals surface area contributed by atoms with E-state index in [1.807, 2.05) is 37.3 Å². The summed E-state index contributed by atoms with van der Waals surface area (Å²) in [5.74, 6) is -1.42. The van der Waals surface area contributed by atoms with Crippen LogP contribution in [-0.4, -0.2) is 40.3 Å². The minimum atomic E-state index is -0.978. The Morgan fingerprint density at radius 3 is 2.50 bits per heavy atom. The Morgan fingerprint density at radius 2 is 1.92 bits per heavy atom. The molecule has 5 heteroatoms. The zero-order chi connectivity index (χ0) is 17.2. The van der Waals surface area contributed by atoms with E-state index in [4.69, 9.17) is 4.74 Å². The molecule has 130 valence electrons. The molecule has 0 aromatic heterocycles. The van der Waals surface area contributed by atoms with Gasteiger partial charge in [0.1, 0.15) is 5.72 Å². The number of rotatable bonds is 4. The van der Waals surface area contributed by atoms with Crippen molar-refractivity contribution in [2.24, 2.45) is 0 Å². The highest BCUT2D eigenvalue weighted by molar-refractivity contribution is 5.89. The number of benzene rings is 1. The van der Waals surface area contributed by atoms with Crippen molar-refractivity contribution in [3.63, 3.8) is 0 Å². The highest BCUT2D eigenvalue weighted by Crippen LogP contribution is 2.42. The van der Waals surface area contributed by atoms with E-state index in [9.17, 15) is 14.7 Å². The van der Waals surface area contributed by atoms with Gasteiger partial charge in [0.05, 0.1) is 12.5 Å². The van der Waals surface area contributed by atoms with Gasteiger partial charge in [-0.3, -0.25) is 9.69 Å². The van der Waals surface area contributed by atoms with Crippen LogP contribution >= 0.6 is 0 Å². The lowest BCUT2D eigenvalue weighted by molar-refractivity contribution is -0.164. The van der Waals surface area contributed by atoms with Gasteiger partial charge < -0.3 is 9.84 Å². The van der Waals surface area contributed by atoms with Crippen LogP contribution in [0.1, 0.15) is 56.9 Å². The van der Waals surface area contributed by atoms with E-state index >= 15 is 0 Å². The Morgan fingerprint density at radius 1 is 1.25 bits per heavy atom. The molecule has 3 rings (SSSR count). The Bertz CT molecular complexity index is 595. The molecule has 1 aliphatic heterocycles. The molecule has 2 atom stereocenters. The lowest BCUT2D eigenvalue weighted by Gasteiger charge is -2.42. The molecule has 1 spiro atoms. The average molecular weight is 331 g/mol. The number of aliphatic carboxylic acids is 1. The van der Waals surface area contributed by atoms with Gasteiger partial charge in [-0.15, -0.1) is 0 Å². The van der Waals surface area contributed by atoms with E-state index in [-0.39, 0.29) is 18.4 Å². The van der Waals surface area contributed by atoms with Crippen LogP contribution in [0.2, 0.25) is 0 Å². The van der Waals surface area contributed by atoms with E-state index in [1.165, 1.54) is 0 Å². The van der Waals surface area contributed by atoms with Crippen molar-refractivity contribution in [3.8, 4) is 0 Å². The second-order valence-corrected chi connectivity index (χ2v) is 6.75. The number of carboxylic acids is 1. The molecule has 5 nitrogen and oxygen atoms in total. The molecule has 0 bridgehead atoms. The molecule has 1 aromatic rings. The van der Waals surface area contributed by atoms with Gasteiger partial charge in [0, 0.05) is 0 Å². The number of carbonyl (C=O) groups is 2. The predicted octanol–water partition coefficient (Wildman–Crippen LogP) is 3.15. The Hall–Kier alpha value is -1.88. The Kier molecular flexibility index (Phi) is 4.90. The molecular formula is C19H25NO4. The van der Waals surface area contributed by atoms with Crippen molar-refractivity contribution in [3.05, 3.63) is 35.9 Å². The van der Waals surface area contributed by atoms with Crippen LogP contribution in [0.4, 0.5) is 0 Å². The normalized spacial score (nSPS) is 24.0. The van der Waals surface area contributed by atoms with Crippen molar-refractivity contribution in [2.75, 3.05) is 6.61 Å². The first-order valence-electron chi connectivity index (χ1n) is 8.84. The second kappa shape index (κ2) is 6.93. The first-order valence-corrected chi connectivity index (χ1v) is 8.84. The molecule has 1 amide bonds. The SMILES string of the molecule is CC[C@H](C(=O)N1[C@@H](C(=O)O)COC12CCCCC2)c1ccccc1. The lowest BCUT2D eigenvalue weighted by Crippen LogP contribution is -2.55. The van der Waals surface area contributed by atoms with Gasteiger partial charge in [-0.1, -0.05) is 43.7 Å². The molecular weight excluding hydrogens is 306 g/mol. The standard InChI is InChI=1S/C19H25NO4/c1-2-15(14-9-5-3-6-10-14)17(21)20-16(18(22)23)13-24-19(20)11-7-4-8-12-19/h3,5-6,9-10,15-16H,2,4,7-8,11-13H2,1H3,(H,22,23)/t15-,16+/m0/s1. The zero-order valence-corrected chi connectivity index (χ0v) is 14.1. The van der Waals surface area contributed by atoms with Crippen molar-refractivity contribution in [2.45, 2.75) is 63.1 Å². The van der Waals surface area contributed by atoms with Crippen LogP contribution in [0.5, 0.6) is 0 Å². The maximum absolute atomic E-state index is 13.3. The fraction of sp³-hybridized carbons (Fsp3) is 0.579. The van der Waals surface area contributed by atoms with Crippen molar-refractivity contribution in [1.82, 2.24) is 4.90 Å². The monoisotopic (exact) mass is 331 g/mol. The lowest BCUT2D eigenvalue weighted by atomic mass is 9.87. The minimum absolute atomic E-state index is 0.0896. The summed E-state index contributed by atoms with van der Waals surface area (Å²) < 4.78 is 5.94. The van der Waals surface area contributed by atoms with E-state index in [2.05, 4.69) is 0 Å². The summed E-state index contributed by atoms with van der Waals surface area (Å²) in [5, 5.41) is 9.60. The smallest absolute Gasteiger partial charge is 0.328 e. The maximum atomic E-state index is 13.3. The zero-order valence-electron chi connectivity index (χ0n) is 14.1. The van der Waals surface area contributed by atoms with Crippen LogP contribution in [0.15, 0.2) is 30.3 Å². The van der Waals surface area contributed by atoms with E-state index in [1.54, 1.807) is 4.90 Å². The molecule has 0 radical (unpaired) electrons. The topological polar surface area (TPSA) is 66.8 Å². The van der Waals surface area contributed by atoms with Crippen LogP contribution in [0.3, 0.4) is 0 Å². The van der Waals surface area contributed by atoms with E-state index in [0.29, 0.717) is 6.42 Å². The summed E-state index contributed by atoms with van der Waals surface area (Å²) in [5.41, 5.74) is 0.215. The molecule has 1 saturated heterocycles. The van der Waals surface area contributed by atoms with Gasteiger partial charge in [0.25, 0.3) is 0 Å². The summed E-state index contributed by atoms with van der Waals surface area (Å²) in [7, 11) is 0. The summed E-state index contributed by atoms with van der Waals surface area (Å²) >= 11 is 0. The highest BCUT2D eigenvalue weighted by atomic mass is 16.5. The first kappa shape index (κ1) is 17.0. The average Bonchev–Trinajstić information content (AvgIpc) is 2.96. The van der Waals surface area contributed by atoms with Gasteiger partial charge >= 0.3 is 5.97 Å². The van der Waals surface area contributed by atoms with Crippen LogP contribution < -0.4 is 0 Å². The largest absolute Gasteiger partial charge is 0.480 e. The summed E-state index contributed by atoms with van der Waals surface area (Å²) in [6, 6.07) is 8.74. The molecule has 1 aromatic carbocycles. The maximum Gasteiger partial charge on any atom is 0.328 e. The summed E-state index contributed by atoms with van der Waals surface area (Å²) in [6.07, 6.45) is 5.15. The predicted molar refractivity (Wildman–Crippen MR) is 89.5 cm³/mol. The van der Waals surface area contributed by atoms with Gasteiger partial charge in [-0.25, -0.2) is 4.79 Å².